The number of amides is 2. The van der Waals surface area contributed by atoms with E-state index in [1.54, 1.807) is 31.4 Å². The molecule has 2 N–H and O–H groups in total. The van der Waals surface area contributed by atoms with Crippen LogP contribution >= 0.6 is 0 Å². The summed E-state index contributed by atoms with van der Waals surface area (Å²) in [7, 11) is 1.56. The lowest BCUT2D eigenvalue weighted by molar-refractivity contribution is -0.122. The zero-order chi connectivity index (χ0) is 16.2. The maximum atomic E-state index is 11.8. The van der Waals surface area contributed by atoms with E-state index >= 15 is 0 Å². The van der Waals surface area contributed by atoms with E-state index in [0.717, 1.165) is 0 Å². The molecule has 0 fully saturated rings. The number of ketones is 1. The third-order valence-corrected chi connectivity index (χ3v) is 2.98. The Kier molecular flexibility index (Phi) is 8.52. The van der Waals surface area contributed by atoms with Crippen LogP contribution in [-0.2, 0) is 14.3 Å². The highest BCUT2D eigenvalue weighted by molar-refractivity contribution is 5.97. The fraction of sp³-hybridized carbons (Fsp3) is 0.438. The van der Waals surface area contributed by atoms with Crippen molar-refractivity contribution in [3.05, 3.63) is 35.9 Å². The largest absolute Gasteiger partial charge is 0.383 e. The van der Waals surface area contributed by atoms with Crippen molar-refractivity contribution in [2.45, 2.75) is 19.3 Å². The molecule has 1 rings (SSSR count). The zero-order valence-corrected chi connectivity index (χ0v) is 12.8. The summed E-state index contributed by atoms with van der Waals surface area (Å²) in [4.78, 5) is 34.8. The predicted molar refractivity (Wildman–Crippen MR) is 82.5 cm³/mol. The van der Waals surface area contributed by atoms with Gasteiger partial charge in [0.2, 0.25) is 11.8 Å². The van der Waals surface area contributed by atoms with Crippen LogP contribution in [0.2, 0.25) is 0 Å². The van der Waals surface area contributed by atoms with Crippen LogP contribution in [0, 0.1) is 0 Å². The van der Waals surface area contributed by atoms with Gasteiger partial charge in [-0.15, -0.1) is 0 Å². The van der Waals surface area contributed by atoms with E-state index in [-0.39, 0.29) is 43.4 Å². The minimum absolute atomic E-state index is 0.0620. The molecule has 0 saturated carbocycles. The Morgan fingerprint density at radius 3 is 2.23 bits per heavy atom. The Bertz CT molecular complexity index is 488. The fourth-order valence-corrected chi connectivity index (χ4v) is 1.78. The van der Waals surface area contributed by atoms with Crippen molar-refractivity contribution in [1.82, 2.24) is 10.6 Å². The highest BCUT2D eigenvalue weighted by Crippen LogP contribution is 2.04. The average molecular weight is 306 g/mol. The highest BCUT2D eigenvalue weighted by atomic mass is 16.5. The molecule has 2 amide bonds. The summed E-state index contributed by atoms with van der Waals surface area (Å²) < 4.78 is 4.81. The maximum Gasteiger partial charge on any atom is 0.221 e. The lowest BCUT2D eigenvalue weighted by Crippen LogP contribution is -2.32. The van der Waals surface area contributed by atoms with Gasteiger partial charge in [0.1, 0.15) is 0 Å². The third kappa shape index (κ3) is 7.54. The van der Waals surface area contributed by atoms with Gasteiger partial charge in [-0.3, -0.25) is 14.4 Å². The van der Waals surface area contributed by atoms with Crippen LogP contribution in [0.15, 0.2) is 30.3 Å². The highest BCUT2D eigenvalue weighted by Gasteiger charge is 2.09. The molecule has 0 unspecified atom stereocenters. The number of rotatable bonds is 10. The number of methoxy groups -OCH3 is 1. The Balaban J connectivity index is 2.13. The van der Waals surface area contributed by atoms with Gasteiger partial charge >= 0.3 is 0 Å². The van der Waals surface area contributed by atoms with Gasteiger partial charge in [0.25, 0.3) is 0 Å². The van der Waals surface area contributed by atoms with Crippen molar-refractivity contribution >= 4 is 17.6 Å². The molecule has 6 heteroatoms. The first-order chi connectivity index (χ1) is 10.6. The quantitative estimate of drug-likeness (QED) is 0.497. The Hall–Kier alpha value is -2.21. The maximum absolute atomic E-state index is 11.8. The van der Waals surface area contributed by atoms with Crippen molar-refractivity contribution in [2.24, 2.45) is 0 Å². The van der Waals surface area contributed by atoms with Gasteiger partial charge in [-0.05, 0) is 0 Å². The molecule has 120 valence electrons. The minimum Gasteiger partial charge on any atom is -0.383 e. The van der Waals surface area contributed by atoms with Crippen molar-refractivity contribution in [1.29, 1.82) is 0 Å². The number of ether oxygens (including phenoxy) is 1. The monoisotopic (exact) mass is 306 g/mol. The van der Waals surface area contributed by atoms with Crippen LogP contribution in [0.25, 0.3) is 0 Å². The summed E-state index contributed by atoms with van der Waals surface area (Å²) >= 11 is 0. The summed E-state index contributed by atoms with van der Waals surface area (Å²) in [6.07, 6.45) is 0.497. The fourth-order valence-electron chi connectivity index (χ4n) is 1.78. The van der Waals surface area contributed by atoms with Gasteiger partial charge < -0.3 is 15.4 Å². The van der Waals surface area contributed by atoms with Crippen LogP contribution in [0.5, 0.6) is 0 Å². The molecule has 0 aliphatic heterocycles. The number of hydrogen-bond donors (Lipinski definition) is 2. The molecule has 6 nitrogen and oxygen atoms in total. The summed E-state index contributed by atoms with van der Waals surface area (Å²) in [5.74, 6) is -0.431. The van der Waals surface area contributed by atoms with Crippen molar-refractivity contribution in [3.63, 3.8) is 0 Å². The van der Waals surface area contributed by atoms with Crippen LogP contribution < -0.4 is 10.6 Å². The van der Waals surface area contributed by atoms with Crippen molar-refractivity contribution < 1.29 is 19.1 Å². The Morgan fingerprint density at radius 1 is 0.909 bits per heavy atom. The molecule has 0 aliphatic rings. The molecule has 0 aliphatic carbocycles. The summed E-state index contributed by atoms with van der Waals surface area (Å²) in [6.45, 7) is 1.17. The van der Waals surface area contributed by atoms with Gasteiger partial charge in [-0.2, -0.15) is 0 Å². The van der Waals surface area contributed by atoms with Crippen LogP contribution in [0.4, 0.5) is 0 Å². The van der Waals surface area contributed by atoms with Gasteiger partial charge in [0.15, 0.2) is 5.78 Å². The molecule has 22 heavy (non-hydrogen) atoms. The SMILES string of the molecule is COCCNC(=O)CCNC(=O)CCC(=O)c1ccccc1. The van der Waals surface area contributed by atoms with Crippen molar-refractivity contribution in [2.75, 3.05) is 26.8 Å². The molecular weight excluding hydrogens is 284 g/mol. The summed E-state index contributed by atoms with van der Waals surface area (Å²) in [5.41, 5.74) is 0.604. The van der Waals surface area contributed by atoms with E-state index in [1.807, 2.05) is 6.07 Å². The molecule has 0 saturated heterocycles. The lowest BCUT2D eigenvalue weighted by atomic mass is 10.1. The van der Waals surface area contributed by atoms with E-state index in [9.17, 15) is 14.4 Å². The number of Topliss-reactive ketones (excluding diaryl/α,β-unsaturated/α-hetero) is 1. The number of nitrogens with one attached hydrogen (secondary N) is 2. The number of carbonyl (C=O) groups is 3. The lowest BCUT2D eigenvalue weighted by Gasteiger charge is -2.06. The van der Waals surface area contributed by atoms with Gasteiger partial charge in [0.05, 0.1) is 6.61 Å². The summed E-state index contributed by atoms with van der Waals surface area (Å²) in [5, 5.41) is 5.29. The molecular formula is C16H22N2O4. The third-order valence-electron chi connectivity index (χ3n) is 2.98. The second-order valence-corrected chi connectivity index (χ2v) is 4.73. The van der Waals surface area contributed by atoms with E-state index in [0.29, 0.717) is 18.7 Å². The van der Waals surface area contributed by atoms with E-state index < -0.39 is 0 Å². The van der Waals surface area contributed by atoms with Gasteiger partial charge in [-0.1, -0.05) is 30.3 Å². The first-order valence-corrected chi connectivity index (χ1v) is 7.24. The average Bonchev–Trinajstić information content (AvgIpc) is 2.53. The van der Waals surface area contributed by atoms with Crippen LogP contribution in [0.1, 0.15) is 29.6 Å². The molecule has 0 radical (unpaired) electrons. The smallest absolute Gasteiger partial charge is 0.221 e. The molecule has 1 aromatic carbocycles. The first-order valence-electron chi connectivity index (χ1n) is 7.24. The molecule has 1 aromatic rings. The number of carbonyl (C=O) groups excluding carboxylic acids is 3. The molecule has 0 spiro atoms. The Labute approximate surface area is 130 Å². The van der Waals surface area contributed by atoms with E-state index in [2.05, 4.69) is 10.6 Å². The van der Waals surface area contributed by atoms with E-state index in [1.165, 1.54) is 0 Å². The standard InChI is InChI=1S/C16H22N2O4/c1-22-12-11-18-16(21)9-10-17-15(20)8-7-14(19)13-5-3-2-4-6-13/h2-6H,7-12H2,1H3,(H,17,20)(H,18,21). The van der Waals surface area contributed by atoms with Crippen molar-refractivity contribution in [3.8, 4) is 0 Å². The Morgan fingerprint density at radius 2 is 1.55 bits per heavy atom. The van der Waals surface area contributed by atoms with Gasteiger partial charge in [-0.25, -0.2) is 0 Å². The molecule has 0 aromatic heterocycles. The minimum atomic E-state index is -0.228. The summed E-state index contributed by atoms with van der Waals surface area (Å²) in [6, 6.07) is 8.86. The van der Waals surface area contributed by atoms with Gasteiger partial charge in [0, 0.05) is 45.0 Å². The topological polar surface area (TPSA) is 84.5 Å². The predicted octanol–water partition coefficient (Wildman–Crippen LogP) is 0.918. The zero-order valence-electron chi connectivity index (χ0n) is 12.8. The molecule has 0 heterocycles. The first kappa shape index (κ1) is 17.8. The second-order valence-electron chi connectivity index (χ2n) is 4.73. The molecule has 0 atom stereocenters. The number of hydrogen-bond acceptors (Lipinski definition) is 4. The van der Waals surface area contributed by atoms with Crippen LogP contribution in [-0.4, -0.2) is 44.4 Å². The second kappa shape index (κ2) is 10.5. The van der Waals surface area contributed by atoms with E-state index in [4.69, 9.17) is 4.74 Å². The normalized spacial score (nSPS) is 10.0. The molecule has 0 bridgehead atoms. The number of benzene rings is 1. The van der Waals surface area contributed by atoms with Crippen LogP contribution in [0.3, 0.4) is 0 Å².